The molecule has 1 heterocycles. The molecule has 1 N–H and O–H groups in total. The van der Waals surface area contributed by atoms with Crippen molar-refractivity contribution in [3.8, 4) is 5.75 Å². The molecule has 2 rings (SSSR count). The van der Waals surface area contributed by atoms with Crippen molar-refractivity contribution in [3.63, 3.8) is 0 Å². The summed E-state index contributed by atoms with van der Waals surface area (Å²) in [5.41, 5.74) is 3.60. The van der Waals surface area contributed by atoms with E-state index in [-0.39, 0.29) is 5.82 Å². The van der Waals surface area contributed by atoms with E-state index < -0.39 is 0 Å². The highest BCUT2D eigenvalue weighted by Crippen LogP contribution is 2.25. The van der Waals surface area contributed by atoms with Crippen molar-refractivity contribution in [2.75, 3.05) is 12.4 Å². The van der Waals surface area contributed by atoms with E-state index in [9.17, 15) is 4.39 Å². The molecule has 3 nitrogen and oxygen atoms in total. The van der Waals surface area contributed by atoms with Crippen molar-refractivity contribution in [3.05, 3.63) is 51.5 Å². The maximum absolute atomic E-state index is 13.4. The van der Waals surface area contributed by atoms with Gasteiger partial charge in [0.25, 0.3) is 0 Å². The molecule has 0 saturated heterocycles. The van der Waals surface area contributed by atoms with Gasteiger partial charge in [0.15, 0.2) is 0 Å². The van der Waals surface area contributed by atoms with Crippen molar-refractivity contribution in [2.24, 2.45) is 0 Å². The van der Waals surface area contributed by atoms with Gasteiger partial charge >= 0.3 is 0 Å². The number of nitrogens with one attached hydrogen (secondary N) is 1. The zero-order valence-corrected chi connectivity index (χ0v) is 13.2. The summed E-state index contributed by atoms with van der Waals surface area (Å²) in [6, 6.07) is 4.94. The Balaban J connectivity index is 2.16. The molecule has 20 heavy (non-hydrogen) atoms. The number of methoxy groups -OCH3 is 1. The molecular formula is C15H16BrFN2O. The Kier molecular flexibility index (Phi) is 4.60. The van der Waals surface area contributed by atoms with Crippen molar-refractivity contribution >= 4 is 21.6 Å². The Bertz CT molecular complexity index is 632. The van der Waals surface area contributed by atoms with Crippen LogP contribution in [0.5, 0.6) is 5.75 Å². The number of nitrogens with zero attached hydrogens (tertiary/aromatic N) is 1. The maximum Gasteiger partial charge on any atom is 0.139 e. The molecule has 1 aromatic heterocycles. The van der Waals surface area contributed by atoms with Crippen LogP contribution in [0.1, 0.15) is 16.8 Å². The van der Waals surface area contributed by atoms with Gasteiger partial charge in [0.2, 0.25) is 0 Å². The number of hydrogen-bond donors (Lipinski definition) is 1. The topological polar surface area (TPSA) is 34.1 Å². The SMILES string of the molecule is COc1c(C)cnc(CNc2ccc(Br)c(F)c2)c1C. The molecule has 0 aliphatic heterocycles. The third-order valence-electron chi connectivity index (χ3n) is 3.13. The average Bonchev–Trinajstić information content (AvgIpc) is 2.42. The molecule has 2 aromatic rings. The summed E-state index contributed by atoms with van der Waals surface area (Å²) in [7, 11) is 1.65. The quantitative estimate of drug-likeness (QED) is 0.906. The molecule has 0 radical (unpaired) electrons. The number of ether oxygens (including phenoxy) is 1. The molecule has 0 fully saturated rings. The van der Waals surface area contributed by atoms with Crippen LogP contribution in [0.4, 0.5) is 10.1 Å². The fourth-order valence-corrected chi connectivity index (χ4v) is 2.29. The first-order valence-electron chi connectivity index (χ1n) is 6.21. The average molecular weight is 339 g/mol. The number of pyridine rings is 1. The van der Waals surface area contributed by atoms with Crippen LogP contribution >= 0.6 is 15.9 Å². The Hall–Kier alpha value is -1.62. The van der Waals surface area contributed by atoms with E-state index >= 15 is 0 Å². The van der Waals surface area contributed by atoms with Gasteiger partial charge in [-0.15, -0.1) is 0 Å². The fourth-order valence-electron chi connectivity index (χ4n) is 2.04. The Morgan fingerprint density at radius 3 is 2.75 bits per heavy atom. The summed E-state index contributed by atoms with van der Waals surface area (Å²) < 4.78 is 19.3. The Morgan fingerprint density at radius 2 is 2.10 bits per heavy atom. The second-order valence-corrected chi connectivity index (χ2v) is 5.38. The minimum Gasteiger partial charge on any atom is -0.496 e. The highest BCUT2D eigenvalue weighted by atomic mass is 79.9. The number of hydrogen-bond acceptors (Lipinski definition) is 3. The molecule has 0 spiro atoms. The number of halogens is 2. The molecule has 0 saturated carbocycles. The minimum absolute atomic E-state index is 0.291. The van der Waals surface area contributed by atoms with Gasteiger partial charge in [-0.3, -0.25) is 4.98 Å². The predicted octanol–water partition coefficient (Wildman–Crippen LogP) is 4.22. The zero-order chi connectivity index (χ0) is 14.7. The number of anilines is 1. The van der Waals surface area contributed by atoms with Crippen LogP contribution in [0.3, 0.4) is 0 Å². The fraction of sp³-hybridized carbons (Fsp3) is 0.267. The second-order valence-electron chi connectivity index (χ2n) is 4.53. The van der Waals surface area contributed by atoms with Gasteiger partial charge in [0.05, 0.1) is 23.8 Å². The summed E-state index contributed by atoms with van der Waals surface area (Å²) in [4.78, 5) is 4.40. The van der Waals surface area contributed by atoms with Crippen LogP contribution in [0.25, 0.3) is 0 Å². The molecule has 0 bridgehead atoms. The first-order chi connectivity index (χ1) is 9.52. The van der Waals surface area contributed by atoms with Crippen LogP contribution in [0.15, 0.2) is 28.9 Å². The van der Waals surface area contributed by atoms with E-state index in [1.165, 1.54) is 6.07 Å². The molecular weight excluding hydrogens is 323 g/mol. The van der Waals surface area contributed by atoms with E-state index in [0.29, 0.717) is 16.7 Å². The predicted molar refractivity (Wildman–Crippen MR) is 81.7 cm³/mol. The number of aryl methyl sites for hydroxylation is 1. The normalized spacial score (nSPS) is 10.4. The summed E-state index contributed by atoms with van der Waals surface area (Å²) in [6.45, 7) is 4.45. The second kappa shape index (κ2) is 6.22. The molecule has 0 atom stereocenters. The van der Waals surface area contributed by atoms with E-state index in [0.717, 1.165) is 22.6 Å². The first kappa shape index (κ1) is 14.8. The van der Waals surface area contributed by atoms with Crippen molar-refractivity contribution < 1.29 is 9.13 Å². The summed E-state index contributed by atoms with van der Waals surface area (Å²) >= 11 is 3.13. The van der Waals surface area contributed by atoms with Gasteiger partial charge < -0.3 is 10.1 Å². The lowest BCUT2D eigenvalue weighted by Gasteiger charge is -2.13. The van der Waals surface area contributed by atoms with Crippen LogP contribution in [-0.2, 0) is 6.54 Å². The molecule has 0 aliphatic rings. The number of benzene rings is 1. The molecule has 0 unspecified atom stereocenters. The van der Waals surface area contributed by atoms with E-state index in [1.54, 1.807) is 19.4 Å². The van der Waals surface area contributed by atoms with Crippen LogP contribution in [0.2, 0.25) is 0 Å². The summed E-state index contributed by atoms with van der Waals surface area (Å²) in [5.74, 6) is 0.556. The van der Waals surface area contributed by atoms with Crippen LogP contribution in [-0.4, -0.2) is 12.1 Å². The lowest BCUT2D eigenvalue weighted by Crippen LogP contribution is -2.06. The minimum atomic E-state index is -0.291. The van der Waals surface area contributed by atoms with Crippen molar-refractivity contribution in [1.82, 2.24) is 4.98 Å². The van der Waals surface area contributed by atoms with Gasteiger partial charge in [-0.25, -0.2) is 4.39 Å². The lowest BCUT2D eigenvalue weighted by molar-refractivity contribution is 0.407. The van der Waals surface area contributed by atoms with E-state index in [4.69, 9.17) is 4.74 Å². The van der Waals surface area contributed by atoms with E-state index in [1.807, 2.05) is 19.9 Å². The highest BCUT2D eigenvalue weighted by molar-refractivity contribution is 9.10. The number of rotatable bonds is 4. The number of aromatic nitrogens is 1. The maximum atomic E-state index is 13.4. The first-order valence-corrected chi connectivity index (χ1v) is 7.00. The highest BCUT2D eigenvalue weighted by Gasteiger charge is 2.09. The summed E-state index contributed by atoms with van der Waals surface area (Å²) in [6.07, 6.45) is 1.78. The largest absolute Gasteiger partial charge is 0.496 e. The van der Waals surface area contributed by atoms with Gasteiger partial charge in [0, 0.05) is 23.0 Å². The van der Waals surface area contributed by atoms with Crippen molar-refractivity contribution in [2.45, 2.75) is 20.4 Å². The zero-order valence-electron chi connectivity index (χ0n) is 11.6. The van der Waals surface area contributed by atoms with Crippen molar-refractivity contribution in [1.29, 1.82) is 0 Å². The monoisotopic (exact) mass is 338 g/mol. The molecule has 1 aromatic carbocycles. The smallest absolute Gasteiger partial charge is 0.139 e. The van der Waals surface area contributed by atoms with Crippen LogP contribution < -0.4 is 10.1 Å². The molecule has 0 amide bonds. The van der Waals surface area contributed by atoms with Gasteiger partial charge in [-0.1, -0.05) is 0 Å². The van der Waals surface area contributed by atoms with E-state index in [2.05, 4.69) is 26.2 Å². The van der Waals surface area contributed by atoms with Gasteiger partial charge in [0.1, 0.15) is 11.6 Å². The summed E-state index contributed by atoms with van der Waals surface area (Å²) in [5, 5.41) is 3.16. The standard InChI is InChI=1S/C15H16BrFN2O/c1-9-7-19-14(10(2)15(9)20-3)8-18-11-4-5-12(16)13(17)6-11/h4-7,18H,8H2,1-3H3. The lowest BCUT2D eigenvalue weighted by atomic mass is 10.1. The Morgan fingerprint density at radius 1 is 1.35 bits per heavy atom. The van der Waals surface area contributed by atoms with Gasteiger partial charge in [-0.05, 0) is 48.0 Å². The van der Waals surface area contributed by atoms with Gasteiger partial charge in [-0.2, -0.15) is 0 Å². The molecule has 5 heteroatoms. The Labute approximate surface area is 126 Å². The third-order valence-corrected chi connectivity index (χ3v) is 3.77. The third kappa shape index (κ3) is 3.10. The molecule has 0 aliphatic carbocycles. The molecule has 106 valence electrons. The van der Waals surface area contributed by atoms with Crippen LogP contribution in [0, 0.1) is 19.7 Å².